The van der Waals surface area contributed by atoms with Crippen molar-refractivity contribution in [1.82, 2.24) is 15.1 Å². The molecule has 2 amide bonds. The highest BCUT2D eigenvalue weighted by atomic mass is 32.2. The van der Waals surface area contributed by atoms with E-state index in [1.165, 1.54) is 0 Å². The SMILES string of the molecule is CNC(=O)CN1CCN(C(=O)C(N)CCS(C)(=O)=O)CC1. The monoisotopic (exact) mass is 320 g/mol. The highest BCUT2D eigenvalue weighted by Crippen LogP contribution is 2.05. The Bertz CT molecular complexity index is 472. The average molecular weight is 320 g/mol. The second-order valence-corrected chi connectivity index (χ2v) is 7.56. The molecule has 1 saturated heterocycles. The van der Waals surface area contributed by atoms with Gasteiger partial charge in [-0.15, -0.1) is 0 Å². The Labute approximate surface area is 125 Å². The predicted molar refractivity (Wildman–Crippen MR) is 79.4 cm³/mol. The molecule has 0 spiro atoms. The molecule has 0 aliphatic carbocycles. The molecule has 1 atom stereocenters. The Morgan fingerprint density at radius 1 is 1.24 bits per heavy atom. The van der Waals surface area contributed by atoms with Gasteiger partial charge in [-0.3, -0.25) is 14.5 Å². The Morgan fingerprint density at radius 3 is 2.29 bits per heavy atom. The first-order chi connectivity index (χ1) is 9.73. The lowest BCUT2D eigenvalue weighted by atomic mass is 10.2. The smallest absolute Gasteiger partial charge is 0.239 e. The van der Waals surface area contributed by atoms with Gasteiger partial charge in [0.2, 0.25) is 11.8 Å². The van der Waals surface area contributed by atoms with E-state index in [0.29, 0.717) is 32.7 Å². The van der Waals surface area contributed by atoms with Gasteiger partial charge in [-0.05, 0) is 6.42 Å². The molecule has 1 unspecified atom stereocenters. The Hall–Kier alpha value is -1.19. The van der Waals surface area contributed by atoms with Crippen molar-refractivity contribution < 1.29 is 18.0 Å². The third-order valence-electron chi connectivity index (χ3n) is 3.45. The molecule has 9 heteroatoms. The lowest BCUT2D eigenvalue weighted by Crippen LogP contribution is -2.54. The summed E-state index contributed by atoms with van der Waals surface area (Å²) in [5, 5.41) is 2.56. The zero-order valence-corrected chi connectivity index (χ0v) is 13.4. The molecule has 1 rings (SSSR count). The third-order valence-corrected chi connectivity index (χ3v) is 4.42. The zero-order chi connectivity index (χ0) is 16.0. The standard InChI is InChI=1S/C12H24N4O4S/c1-14-11(17)9-15-4-6-16(7-5-15)12(18)10(13)3-8-21(2,19)20/h10H,3-9,13H2,1-2H3,(H,14,17). The van der Waals surface area contributed by atoms with E-state index < -0.39 is 15.9 Å². The van der Waals surface area contributed by atoms with E-state index in [4.69, 9.17) is 5.73 Å². The summed E-state index contributed by atoms with van der Waals surface area (Å²) in [6.45, 7) is 2.54. The summed E-state index contributed by atoms with van der Waals surface area (Å²) in [7, 11) is -1.53. The largest absolute Gasteiger partial charge is 0.358 e. The van der Waals surface area contributed by atoms with Crippen LogP contribution in [0.25, 0.3) is 0 Å². The molecule has 0 aromatic heterocycles. The number of amides is 2. The molecular weight excluding hydrogens is 296 g/mol. The number of nitrogens with zero attached hydrogens (tertiary/aromatic N) is 2. The van der Waals surface area contributed by atoms with Gasteiger partial charge in [0.25, 0.3) is 0 Å². The Morgan fingerprint density at radius 2 is 1.81 bits per heavy atom. The minimum atomic E-state index is -3.11. The minimum absolute atomic E-state index is 0.0559. The first kappa shape index (κ1) is 17.9. The maximum absolute atomic E-state index is 12.1. The second kappa shape index (κ2) is 7.71. The van der Waals surface area contributed by atoms with E-state index in [1.807, 2.05) is 4.90 Å². The van der Waals surface area contributed by atoms with Crippen molar-refractivity contribution >= 4 is 21.7 Å². The molecule has 0 aromatic rings. The van der Waals surface area contributed by atoms with Gasteiger partial charge < -0.3 is 16.0 Å². The fraction of sp³-hybridized carbons (Fsp3) is 0.833. The highest BCUT2D eigenvalue weighted by molar-refractivity contribution is 7.90. The minimum Gasteiger partial charge on any atom is -0.358 e. The first-order valence-corrected chi connectivity index (χ1v) is 8.94. The van der Waals surface area contributed by atoms with E-state index in [0.717, 1.165) is 6.26 Å². The van der Waals surface area contributed by atoms with Crippen molar-refractivity contribution in [3.05, 3.63) is 0 Å². The van der Waals surface area contributed by atoms with Gasteiger partial charge >= 0.3 is 0 Å². The zero-order valence-electron chi connectivity index (χ0n) is 12.5. The van der Waals surface area contributed by atoms with E-state index in [-0.39, 0.29) is 24.0 Å². The van der Waals surface area contributed by atoms with Gasteiger partial charge in [0, 0.05) is 39.5 Å². The molecule has 3 N–H and O–H groups in total. The van der Waals surface area contributed by atoms with E-state index >= 15 is 0 Å². The Kier molecular flexibility index (Phi) is 6.56. The van der Waals surface area contributed by atoms with E-state index in [9.17, 15) is 18.0 Å². The van der Waals surface area contributed by atoms with Gasteiger partial charge in [-0.2, -0.15) is 0 Å². The molecule has 0 aromatic carbocycles. The number of nitrogens with two attached hydrogens (primary N) is 1. The van der Waals surface area contributed by atoms with Crippen molar-refractivity contribution in [2.24, 2.45) is 5.73 Å². The van der Waals surface area contributed by atoms with Crippen LogP contribution in [0.1, 0.15) is 6.42 Å². The van der Waals surface area contributed by atoms with Crippen LogP contribution in [0.4, 0.5) is 0 Å². The lowest BCUT2D eigenvalue weighted by molar-refractivity contribution is -0.134. The number of carbonyl (C=O) groups is 2. The van der Waals surface area contributed by atoms with Crippen LogP contribution in [0.2, 0.25) is 0 Å². The molecule has 1 aliphatic rings. The van der Waals surface area contributed by atoms with E-state index in [1.54, 1.807) is 11.9 Å². The van der Waals surface area contributed by atoms with Crippen LogP contribution < -0.4 is 11.1 Å². The van der Waals surface area contributed by atoms with Gasteiger partial charge in [-0.1, -0.05) is 0 Å². The van der Waals surface area contributed by atoms with Crippen LogP contribution in [-0.2, 0) is 19.4 Å². The number of sulfone groups is 1. The van der Waals surface area contributed by atoms with Gasteiger partial charge in [0.05, 0.1) is 18.3 Å². The molecule has 1 heterocycles. The quantitative estimate of drug-likeness (QED) is 0.566. The van der Waals surface area contributed by atoms with Crippen molar-refractivity contribution in [1.29, 1.82) is 0 Å². The summed E-state index contributed by atoms with van der Waals surface area (Å²) in [6.07, 6.45) is 1.26. The summed E-state index contributed by atoms with van der Waals surface area (Å²) in [5.41, 5.74) is 5.76. The maximum Gasteiger partial charge on any atom is 0.239 e. The number of nitrogens with one attached hydrogen (secondary N) is 1. The third kappa shape index (κ3) is 6.40. The molecule has 0 saturated carbocycles. The predicted octanol–water partition coefficient (Wildman–Crippen LogP) is -2.36. The maximum atomic E-state index is 12.1. The number of hydrogen-bond donors (Lipinski definition) is 2. The van der Waals surface area contributed by atoms with Crippen molar-refractivity contribution in [2.45, 2.75) is 12.5 Å². The molecule has 122 valence electrons. The average Bonchev–Trinajstić information content (AvgIpc) is 2.43. The Balaban J connectivity index is 2.39. The van der Waals surface area contributed by atoms with Gasteiger partial charge in [-0.25, -0.2) is 8.42 Å². The molecule has 0 bridgehead atoms. The highest BCUT2D eigenvalue weighted by Gasteiger charge is 2.26. The van der Waals surface area contributed by atoms with Gasteiger partial charge in [0.15, 0.2) is 0 Å². The van der Waals surface area contributed by atoms with Crippen molar-refractivity contribution in [3.8, 4) is 0 Å². The van der Waals surface area contributed by atoms with Crippen molar-refractivity contribution in [2.75, 3.05) is 51.8 Å². The summed E-state index contributed by atoms with van der Waals surface area (Å²) in [6, 6.07) is -0.787. The van der Waals surface area contributed by atoms with Crippen LogP contribution in [0, 0.1) is 0 Å². The topological polar surface area (TPSA) is 113 Å². The van der Waals surface area contributed by atoms with Crippen LogP contribution in [0.15, 0.2) is 0 Å². The summed E-state index contributed by atoms with van der Waals surface area (Å²) < 4.78 is 22.2. The van der Waals surface area contributed by atoms with Crippen LogP contribution in [-0.4, -0.2) is 87.9 Å². The van der Waals surface area contributed by atoms with Crippen LogP contribution in [0.5, 0.6) is 0 Å². The molecule has 1 aliphatic heterocycles. The molecular formula is C12H24N4O4S. The van der Waals surface area contributed by atoms with Crippen LogP contribution in [0.3, 0.4) is 0 Å². The number of rotatable bonds is 6. The first-order valence-electron chi connectivity index (χ1n) is 6.88. The van der Waals surface area contributed by atoms with Crippen LogP contribution >= 0.6 is 0 Å². The van der Waals surface area contributed by atoms with Crippen molar-refractivity contribution in [3.63, 3.8) is 0 Å². The summed E-state index contributed by atoms with van der Waals surface area (Å²) >= 11 is 0. The molecule has 1 fully saturated rings. The molecule has 0 radical (unpaired) electrons. The number of likely N-dealkylation sites (N-methyl/N-ethyl adjacent to an activating group) is 1. The normalized spacial score (nSPS) is 18.3. The number of carbonyl (C=O) groups excluding carboxylic acids is 2. The molecule has 21 heavy (non-hydrogen) atoms. The van der Waals surface area contributed by atoms with Gasteiger partial charge in [0.1, 0.15) is 9.84 Å². The number of hydrogen-bond acceptors (Lipinski definition) is 6. The lowest BCUT2D eigenvalue weighted by Gasteiger charge is -2.35. The summed E-state index contributed by atoms with van der Waals surface area (Å²) in [5.74, 6) is -0.367. The summed E-state index contributed by atoms with van der Waals surface area (Å²) in [4.78, 5) is 27.0. The van der Waals surface area contributed by atoms with E-state index in [2.05, 4.69) is 5.32 Å². The fourth-order valence-corrected chi connectivity index (χ4v) is 2.79. The number of piperazine rings is 1. The second-order valence-electron chi connectivity index (χ2n) is 5.30. The molecule has 8 nitrogen and oxygen atoms in total. The fourth-order valence-electron chi connectivity index (χ4n) is 2.11.